The summed E-state index contributed by atoms with van der Waals surface area (Å²) in [5.41, 5.74) is 0. The first-order valence-corrected chi connectivity index (χ1v) is 8.61. The molecule has 22 heavy (non-hydrogen) atoms. The predicted molar refractivity (Wildman–Crippen MR) is 93.8 cm³/mol. The molecule has 2 aromatic heterocycles. The Hall–Kier alpha value is -1.63. The van der Waals surface area contributed by atoms with Gasteiger partial charge in [0.2, 0.25) is 0 Å². The molecule has 0 saturated heterocycles. The van der Waals surface area contributed by atoms with Crippen LogP contribution in [0.5, 0.6) is 0 Å². The fourth-order valence-corrected chi connectivity index (χ4v) is 3.90. The summed E-state index contributed by atoms with van der Waals surface area (Å²) in [4.78, 5) is 17.3. The Kier molecular flexibility index (Phi) is 5.76. The Balaban J connectivity index is 2.05. The van der Waals surface area contributed by atoms with Crippen LogP contribution in [0, 0.1) is 0 Å². The summed E-state index contributed by atoms with van der Waals surface area (Å²) in [6.45, 7) is 4.16. The zero-order valence-electron chi connectivity index (χ0n) is 12.7. The standard InChI is InChI=1S/C16H20N2O2S2/c1-11(19)9-12(10-18(2)3)17-16(20)15-7-6-14(22-15)13-5-4-8-21-13/h4-8,12,19H,1,9-10H2,2-3H3,(H,17,20)/t12-/m1/s1. The molecule has 0 aliphatic heterocycles. The van der Waals surface area contributed by atoms with Crippen LogP contribution in [0.2, 0.25) is 0 Å². The van der Waals surface area contributed by atoms with E-state index in [1.165, 1.54) is 11.3 Å². The lowest BCUT2D eigenvalue weighted by molar-refractivity contribution is 0.0932. The molecular weight excluding hydrogens is 316 g/mol. The third-order valence-corrected chi connectivity index (χ3v) is 5.15. The van der Waals surface area contributed by atoms with Crippen LogP contribution in [0.3, 0.4) is 0 Å². The Morgan fingerprint density at radius 1 is 1.36 bits per heavy atom. The van der Waals surface area contributed by atoms with Crippen LogP contribution in [0.15, 0.2) is 42.0 Å². The normalized spacial score (nSPS) is 12.3. The van der Waals surface area contributed by atoms with E-state index in [1.807, 2.05) is 48.6 Å². The molecule has 1 atom stereocenters. The first-order chi connectivity index (χ1) is 10.5. The van der Waals surface area contributed by atoms with E-state index in [1.54, 1.807) is 11.3 Å². The number of nitrogens with zero attached hydrogens (tertiary/aromatic N) is 1. The van der Waals surface area contributed by atoms with Crippen LogP contribution in [0.1, 0.15) is 16.1 Å². The second-order valence-electron chi connectivity index (χ2n) is 5.34. The fraction of sp³-hybridized carbons (Fsp3) is 0.312. The number of carbonyl (C=O) groups excluding carboxylic acids is 1. The molecule has 2 rings (SSSR count). The number of hydrogen-bond acceptors (Lipinski definition) is 5. The minimum atomic E-state index is -0.160. The van der Waals surface area contributed by atoms with Crippen LogP contribution in [-0.4, -0.2) is 42.6 Å². The van der Waals surface area contributed by atoms with Crippen LogP contribution < -0.4 is 5.32 Å². The molecule has 0 radical (unpaired) electrons. The second-order valence-corrected chi connectivity index (χ2v) is 7.38. The SMILES string of the molecule is C=C(O)C[C@H](CN(C)C)NC(=O)c1ccc(-c2cccs2)s1. The Morgan fingerprint density at radius 3 is 2.73 bits per heavy atom. The first-order valence-electron chi connectivity index (χ1n) is 6.91. The Labute approximate surface area is 138 Å². The first kappa shape index (κ1) is 16.7. The third-order valence-electron chi connectivity index (χ3n) is 3.00. The summed E-state index contributed by atoms with van der Waals surface area (Å²) in [7, 11) is 3.86. The van der Waals surface area contributed by atoms with E-state index in [0.29, 0.717) is 17.8 Å². The van der Waals surface area contributed by atoms with Crippen molar-refractivity contribution in [3.63, 3.8) is 0 Å². The Morgan fingerprint density at radius 2 is 2.14 bits per heavy atom. The quantitative estimate of drug-likeness (QED) is 0.760. The summed E-state index contributed by atoms with van der Waals surface area (Å²) in [5, 5.41) is 14.4. The van der Waals surface area contributed by atoms with Gasteiger partial charge in [-0.2, -0.15) is 0 Å². The van der Waals surface area contributed by atoms with Crippen molar-refractivity contribution < 1.29 is 9.90 Å². The molecule has 0 unspecified atom stereocenters. The van der Waals surface area contributed by atoms with Gasteiger partial charge < -0.3 is 15.3 Å². The van der Waals surface area contributed by atoms with Crippen molar-refractivity contribution in [2.75, 3.05) is 20.6 Å². The zero-order valence-corrected chi connectivity index (χ0v) is 14.3. The molecule has 6 heteroatoms. The van der Waals surface area contributed by atoms with Gasteiger partial charge in [-0.15, -0.1) is 22.7 Å². The maximum absolute atomic E-state index is 12.4. The maximum Gasteiger partial charge on any atom is 0.261 e. The molecule has 0 saturated carbocycles. The lowest BCUT2D eigenvalue weighted by Gasteiger charge is -2.21. The number of nitrogens with one attached hydrogen (secondary N) is 1. The summed E-state index contributed by atoms with van der Waals surface area (Å²) in [5.74, 6) is -0.0292. The van der Waals surface area contributed by atoms with E-state index >= 15 is 0 Å². The smallest absolute Gasteiger partial charge is 0.261 e. The van der Waals surface area contributed by atoms with Crippen LogP contribution in [0.4, 0.5) is 0 Å². The van der Waals surface area contributed by atoms with Gasteiger partial charge in [-0.25, -0.2) is 0 Å². The molecular formula is C16H20N2O2S2. The number of aliphatic hydroxyl groups is 1. The highest BCUT2D eigenvalue weighted by Gasteiger charge is 2.17. The van der Waals surface area contributed by atoms with Gasteiger partial charge in [-0.1, -0.05) is 12.6 Å². The van der Waals surface area contributed by atoms with E-state index in [0.717, 1.165) is 9.75 Å². The molecule has 4 nitrogen and oxygen atoms in total. The molecule has 2 aromatic rings. The van der Waals surface area contributed by atoms with Crippen LogP contribution in [0.25, 0.3) is 9.75 Å². The molecule has 0 bridgehead atoms. The number of rotatable bonds is 7. The van der Waals surface area contributed by atoms with E-state index in [-0.39, 0.29) is 17.7 Å². The summed E-state index contributed by atoms with van der Waals surface area (Å²) < 4.78 is 0. The molecule has 0 aromatic carbocycles. The lowest BCUT2D eigenvalue weighted by Crippen LogP contribution is -2.41. The molecule has 2 N–H and O–H groups in total. The highest BCUT2D eigenvalue weighted by atomic mass is 32.1. The van der Waals surface area contributed by atoms with Gasteiger partial charge in [0.15, 0.2) is 0 Å². The van der Waals surface area contributed by atoms with Crippen LogP contribution in [-0.2, 0) is 0 Å². The molecule has 1 amide bonds. The fourth-order valence-electron chi connectivity index (χ4n) is 2.15. The van der Waals surface area contributed by atoms with E-state index in [9.17, 15) is 9.90 Å². The van der Waals surface area contributed by atoms with Gasteiger partial charge in [0.05, 0.1) is 10.6 Å². The van der Waals surface area contributed by atoms with Crippen molar-refractivity contribution in [3.8, 4) is 9.75 Å². The molecule has 0 aliphatic carbocycles. The van der Waals surface area contributed by atoms with Crippen molar-refractivity contribution in [1.82, 2.24) is 10.2 Å². The second kappa shape index (κ2) is 7.58. The third kappa shape index (κ3) is 4.69. The number of hydrogen-bond donors (Lipinski definition) is 2. The average molecular weight is 336 g/mol. The molecule has 0 aliphatic rings. The van der Waals surface area contributed by atoms with Gasteiger partial charge in [0.25, 0.3) is 5.91 Å². The zero-order chi connectivity index (χ0) is 16.1. The number of carbonyl (C=O) groups is 1. The Bertz CT molecular complexity index is 632. The maximum atomic E-state index is 12.4. The monoisotopic (exact) mass is 336 g/mol. The van der Waals surface area contributed by atoms with E-state index < -0.39 is 0 Å². The largest absolute Gasteiger partial charge is 0.513 e. The number of amides is 1. The van der Waals surface area contributed by atoms with Crippen molar-refractivity contribution in [1.29, 1.82) is 0 Å². The van der Waals surface area contributed by atoms with Crippen molar-refractivity contribution in [3.05, 3.63) is 46.9 Å². The number of thiophene rings is 2. The van der Waals surface area contributed by atoms with E-state index in [4.69, 9.17) is 0 Å². The minimum absolute atomic E-state index is 0.0811. The molecule has 0 spiro atoms. The highest BCUT2D eigenvalue weighted by Crippen LogP contribution is 2.31. The predicted octanol–water partition coefficient (Wildman–Crippen LogP) is 3.60. The minimum Gasteiger partial charge on any atom is -0.513 e. The lowest BCUT2D eigenvalue weighted by atomic mass is 10.1. The van der Waals surface area contributed by atoms with Gasteiger partial charge in [0.1, 0.15) is 0 Å². The number of likely N-dealkylation sites (N-methyl/N-ethyl adjacent to an activating group) is 1. The van der Waals surface area contributed by atoms with Gasteiger partial charge in [-0.3, -0.25) is 4.79 Å². The van der Waals surface area contributed by atoms with Gasteiger partial charge >= 0.3 is 0 Å². The van der Waals surface area contributed by atoms with Crippen molar-refractivity contribution in [2.24, 2.45) is 0 Å². The average Bonchev–Trinajstić information content (AvgIpc) is 3.08. The summed E-state index contributed by atoms with van der Waals surface area (Å²) in [6, 6.07) is 7.70. The molecule has 2 heterocycles. The molecule has 118 valence electrons. The summed E-state index contributed by atoms with van der Waals surface area (Å²) in [6.07, 6.45) is 0.354. The van der Waals surface area contributed by atoms with Crippen molar-refractivity contribution in [2.45, 2.75) is 12.5 Å². The topological polar surface area (TPSA) is 52.6 Å². The van der Waals surface area contributed by atoms with E-state index in [2.05, 4.69) is 11.9 Å². The summed E-state index contributed by atoms with van der Waals surface area (Å²) >= 11 is 3.14. The van der Waals surface area contributed by atoms with Gasteiger partial charge in [0, 0.05) is 28.8 Å². The molecule has 0 fully saturated rings. The highest BCUT2D eigenvalue weighted by molar-refractivity contribution is 7.22. The van der Waals surface area contributed by atoms with Crippen molar-refractivity contribution >= 4 is 28.6 Å². The van der Waals surface area contributed by atoms with Gasteiger partial charge in [-0.05, 0) is 37.7 Å². The number of aliphatic hydroxyl groups excluding tert-OH is 1. The van der Waals surface area contributed by atoms with Crippen LogP contribution >= 0.6 is 22.7 Å².